The van der Waals surface area contributed by atoms with Gasteiger partial charge < -0.3 is 15.0 Å². The summed E-state index contributed by atoms with van der Waals surface area (Å²) in [6.45, 7) is 0.242. The first-order valence-electron chi connectivity index (χ1n) is 5.76. The molecule has 0 amide bonds. The summed E-state index contributed by atoms with van der Waals surface area (Å²) in [5.41, 5.74) is 0.0709. The molecule has 4 N–H and O–H groups in total. The van der Waals surface area contributed by atoms with Crippen LogP contribution in [0.4, 0.5) is 5.69 Å². The molecular weight excluding hydrogens is 298 g/mol. The molecule has 0 aliphatic rings. The fraction of sp³-hybridized carbons (Fsp3) is 0.182. The van der Waals surface area contributed by atoms with Gasteiger partial charge in [0.15, 0.2) is 5.82 Å². The second kappa shape index (κ2) is 5.50. The summed E-state index contributed by atoms with van der Waals surface area (Å²) in [5.74, 6) is -0.664. The summed E-state index contributed by atoms with van der Waals surface area (Å²) in [4.78, 5) is 11.0. The number of nitrogens with two attached hydrogens (primary N) is 1. The predicted octanol–water partition coefficient (Wildman–Crippen LogP) is -0.227. The van der Waals surface area contributed by atoms with Gasteiger partial charge >= 0.3 is 5.97 Å². The van der Waals surface area contributed by atoms with Gasteiger partial charge in [-0.1, -0.05) is 0 Å². The summed E-state index contributed by atoms with van der Waals surface area (Å²) in [5, 5.41) is 24.6. The Morgan fingerprint density at radius 3 is 2.71 bits per heavy atom. The van der Waals surface area contributed by atoms with Gasteiger partial charge in [-0.15, -0.1) is 10.2 Å². The molecule has 0 aliphatic heterocycles. The monoisotopic (exact) mass is 311 g/mol. The number of aromatic carboxylic acids is 1. The number of carboxylic acids is 1. The van der Waals surface area contributed by atoms with Crippen molar-refractivity contribution in [3.8, 4) is 0 Å². The number of hydrogen-bond acceptors (Lipinski definition) is 6. The fourth-order valence-electron chi connectivity index (χ4n) is 1.67. The summed E-state index contributed by atoms with van der Waals surface area (Å²) >= 11 is 0. The van der Waals surface area contributed by atoms with E-state index < -0.39 is 16.0 Å². The third-order valence-electron chi connectivity index (χ3n) is 2.79. The van der Waals surface area contributed by atoms with Crippen LogP contribution in [0.15, 0.2) is 29.4 Å². The quantitative estimate of drug-likeness (QED) is 0.692. The number of carbonyl (C=O) groups is 1. The number of primary sulfonamides is 1. The van der Waals surface area contributed by atoms with Crippen LogP contribution in [0.5, 0.6) is 0 Å². The van der Waals surface area contributed by atoms with Crippen molar-refractivity contribution in [3.05, 3.63) is 35.9 Å². The van der Waals surface area contributed by atoms with E-state index in [1.165, 1.54) is 18.5 Å². The van der Waals surface area contributed by atoms with Crippen LogP contribution in [0, 0.1) is 0 Å². The van der Waals surface area contributed by atoms with E-state index in [2.05, 4.69) is 15.5 Å². The molecule has 2 rings (SSSR count). The second-order valence-corrected chi connectivity index (χ2v) is 5.83. The molecule has 0 saturated heterocycles. The molecule has 21 heavy (non-hydrogen) atoms. The molecule has 0 aliphatic carbocycles. The number of carboxylic acid groups (broad SMARTS) is 1. The first-order chi connectivity index (χ1) is 9.79. The highest BCUT2D eigenvalue weighted by molar-refractivity contribution is 7.89. The maximum atomic E-state index is 11.3. The molecule has 0 radical (unpaired) electrons. The van der Waals surface area contributed by atoms with Gasteiger partial charge in [-0.05, 0) is 18.2 Å². The van der Waals surface area contributed by atoms with Crippen LogP contribution in [-0.2, 0) is 23.6 Å². The lowest BCUT2D eigenvalue weighted by Gasteiger charge is -2.10. The summed E-state index contributed by atoms with van der Waals surface area (Å²) in [6.07, 6.45) is 1.51. The number of anilines is 1. The molecule has 2 aromatic rings. The maximum Gasteiger partial charge on any atom is 0.337 e. The molecule has 0 saturated carbocycles. The average molecular weight is 311 g/mol. The minimum atomic E-state index is -3.96. The highest BCUT2D eigenvalue weighted by atomic mass is 32.2. The first-order valence-corrected chi connectivity index (χ1v) is 7.30. The molecule has 0 atom stereocenters. The van der Waals surface area contributed by atoms with Gasteiger partial charge in [0.2, 0.25) is 10.0 Å². The fourth-order valence-corrected chi connectivity index (χ4v) is 2.21. The predicted molar refractivity (Wildman–Crippen MR) is 73.1 cm³/mol. The minimum absolute atomic E-state index is 0.191. The summed E-state index contributed by atoms with van der Waals surface area (Å²) in [6, 6.07) is 3.59. The molecule has 112 valence electrons. The number of sulfonamides is 1. The second-order valence-electron chi connectivity index (χ2n) is 4.27. The average Bonchev–Trinajstić information content (AvgIpc) is 2.80. The zero-order valence-electron chi connectivity index (χ0n) is 11.0. The van der Waals surface area contributed by atoms with Crippen LogP contribution >= 0.6 is 0 Å². The Morgan fingerprint density at radius 2 is 2.19 bits per heavy atom. The summed E-state index contributed by atoms with van der Waals surface area (Å²) in [7, 11) is -2.21. The molecule has 1 aromatic heterocycles. The molecule has 1 heterocycles. The van der Waals surface area contributed by atoms with Crippen LogP contribution in [0.3, 0.4) is 0 Å². The van der Waals surface area contributed by atoms with E-state index in [0.29, 0.717) is 5.82 Å². The van der Waals surface area contributed by atoms with Crippen LogP contribution in [0.25, 0.3) is 0 Å². The van der Waals surface area contributed by atoms with Gasteiger partial charge in [0.05, 0.1) is 17.0 Å². The number of hydrogen-bond donors (Lipinski definition) is 3. The van der Waals surface area contributed by atoms with Crippen molar-refractivity contribution in [1.82, 2.24) is 14.8 Å². The van der Waals surface area contributed by atoms with Crippen molar-refractivity contribution in [2.75, 3.05) is 5.32 Å². The van der Waals surface area contributed by atoms with E-state index in [1.54, 1.807) is 11.6 Å². The van der Waals surface area contributed by atoms with Crippen molar-refractivity contribution in [1.29, 1.82) is 0 Å². The first kappa shape index (κ1) is 14.9. The molecule has 1 aromatic carbocycles. The number of benzene rings is 1. The van der Waals surface area contributed by atoms with Crippen molar-refractivity contribution >= 4 is 21.7 Å². The van der Waals surface area contributed by atoms with Crippen molar-refractivity contribution in [3.63, 3.8) is 0 Å². The number of aryl methyl sites for hydroxylation is 1. The normalized spacial score (nSPS) is 11.3. The standard InChI is InChI=1S/C11H13N5O4S/c1-16-6-14-15-10(16)5-13-9-3-2-7(21(12,19)20)4-8(9)11(17)18/h2-4,6,13H,5H2,1H3,(H,17,18)(H2,12,19,20). The molecule has 0 unspecified atom stereocenters. The van der Waals surface area contributed by atoms with Gasteiger partial charge in [0.25, 0.3) is 0 Å². The van der Waals surface area contributed by atoms with Gasteiger partial charge in [-0.25, -0.2) is 18.4 Å². The van der Waals surface area contributed by atoms with E-state index in [-0.39, 0.29) is 22.7 Å². The van der Waals surface area contributed by atoms with Crippen LogP contribution in [0.1, 0.15) is 16.2 Å². The van der Waals surface area contributed by atoms with Crippen molar-refractivity contribution in [2.45, 2.75) is 11.4 Å². The smallest absolute Gasteiger partial charge is 0.337 e. The van der Waals surface area contributed by atoms with Crippen molar-refractivity contribution in [2.24, 2.45) is 12.2 Å². The number of nitrogens with zero attached hydrogens (tertiary/aromatic N) is 3. The number of rotatable bonds is 5. The van der Waals surface area contributed by atoms with Crippen LogP contribution in [-0.4, -0.2) is 34.3 Å². The Labute approximate surface area is 120 Å². The van der Waals surface area contributed by atoms with Gasteiger partial charge in [-0.2, -0.15) is 0 Å². The largest absolute Gasteiger partial charge is 0.478 e. The maximum absolute atomic E-state index is 11.3. The zero-order chi connectivity index (χ0) is 15.6. The minimum Gasteiger partial charge on any atom is -0.478 e. The third kappa shape index (κ3) is 3.35. The number of aromatic nitrogens is 3. The van der Waals surface area contributed by atoms with Crippen molar-refractivity contribution < 1.29 is 18.3 Å². The molecule has 10 heteroatoms. The Balaban J connectivity index is 2.31. The Bertz CT molecular complexity index is 784. The molecule has 0 spiro atoms. The topological polar surface area (TPSA) is 140 Å². The van der Waals surface area contributed by atoms with Crippen LogP contribution < -0.4 is 10.5 Å². The Kier molecular flexibility index (Phi) is 3.91. The van der Waals surface area contributed by atoms with E-state index in [0.717, 1.165) is 6.07 Å². The van der Waals surface area contributed by atoms with Gasteiger partial charge in [0.1, 0.15) is 6.33 Å². The summed E-state index contributed by atoms with van der Waals surface area (Å²) < 4.78 is 24.2. The highest BCUT2D eigenvalue weighted by Crippen LogP contribution is 2.20. The van der Waals surface area contributed by atoms with Crippen LogP contribution in [0.2, 0.25) is 0 Å². The van der Waals surface area contributed by atoms with E-state index >= 15 is 0 Å². The highest BCUT2D eigenvalue weighted by Gasteiger charge is 2.16. The third-order valence-corrected chi connectivity index (χ3v) is 3.70. The molecule has 0 bridgehead atoms. The molecule has 0 fully saturated rings. The van der Waals surface area contributed by atoms with E-state index in [9.17, 15) is 13.2 Å². The number of nitrogens with one attached hydrogen (secondary N) is 1. The lowest BCUT2D eigenvalue weighted by molar-refractivity contribution is 0.0697. The lowest BCUT2D eigenvalue weighted by Crippen LogP contribution is -2.15. The molecular formula is C11H13N5O4S. The SMILES string of the molecule is Cn1cnnc1CNc1ccc(S(N)(=O)=O)cc1C(=O)O. The Hall–Kier alpha value is -2.46. The molecule has 9 nitrogen and oxygen atoms in total. The lowest BCUT2D eigenvalue weighted by atomic mass is 10.2. The van der Waals surface area contributed by atoms with E-state index in [4.69, 9.17) is 10.2 Å². The van der Waals surface area contributed by atoms with Gasteiger partial charge in [0, 0.05) is 12.7 Å². The van der Waals surface area contributed by atoms with E-state index in [1.807, 2.05) is 0 Å². The Morgan fingerprint density at radius 1 is 1.48 bits per heavy atom. The zero-order valence-corrected chi connectivity index (χ0v) is 11.8. The van der Waals surface area contributed by atoms with Gasteiger partial charge in [-0.3, -0.25) is 0 Å².